The molecule has 0 aliphatic heterocycles. The summed E-state index contributed by atoms with van der Waals surface area (Å²) < 4.78 is 1.02. The van der Waals surface area contributed by atoms with E-state index in [9.17, 15) is 9.59 Å². The topological polar surface area (TPSA) is 70.5 Å². The summed E-state index contributed by atoms with van der Waals surface area (Å²) in [5.74, 6) is 0.362. The fourth-order valence-corrected chi connectivity index (χ4v) is 2.67. The predicted molar refractivity (Wildman–Crippen MR) is 103 cm³/mol. The van der Waals surface area contributed by atoms with Crippen molar-refractivity contribution in [2.75, 3.05) is 12.1 Å². The van der Waals surface area contributed by atoms with Gasteiger partial charge in [0.25, 0.3) is 5.56 Å². The predicted octanol–water partition coefficient (Wildman–Crippen LogP) is 2.45. The lowest BCUT2D eigenvalue weighted by Crippen LogP contribution is -2.33. The lowest BCUT2D eigenvalue weighted by molar-refractivity contribution is 0.766. The molecule has 0 atom stereocenters. The fraction of sp³-hybridized carbons (Fsp3) is 0.421. The van der Waals surface area contributed by atoms with E-state index < -0.39 is 5.69 Å². The molecule has 1 heterocycles. The highest BCUT2D eigenvalue weighted by Gasteiger charge is 2.05. The van der Waals surface area contributed by atoms with Crippen molar-refractivity contribution in [3.05, 3.63) is 61.8 Å². The van der Waals surface area contributed by atoms with E-state index in [1.54, 1.807) is 13.3 Å². The van der Waals surface area contributed by atoms with E-state index in [0.29, 0.717) is 5.82 Å². The first kappa shape index (κ1) is 18.7. The first-order valence-corrected chi connectivity index (χ1v) is 8.66. The molecule has 0 unspecified atom stereocenters. The van der Waals surface area contributed by atoms with Crippen molar-refractivity contribution >= 4 is 12.0 Å². The summed E-state index contributed by atoms with van der Waals surface area (Å²) in [6.07, 6.45) is 6.11. The Bertz CT molecular complexity index is 833. The molecule has 1 N–H and O–H groups in total. The molecule has 0 amide bonds. The summed E-state index contributed by atoms with van der Waals surface area (Å²) in [7, 11) is 3.13. The van der Waals surface area contributed by atoms with E-state index in [0.717, 1.165) is 35.8 Å². The Morgan fingerprint density at radius 2 is 1.80 bits per heavy atom. The first-order valence-electron chi connectivity index (χ1n) is 8.66. The smallest absolute Gasteiger partial charge is 0.292 e. The standard InChI is InChI=1S/C19H26N4O2/c1-5-7-15-10-9-14(11-16(15)8-6-2)13-20-23(4)17-12-18(24)22(3)19(25)21-17/h9-13H,5-8H2,1-4H3,(H,21,25)/b20-13+. The van der Waals surface area contributed by atoms with Crippen molar-refractivity contribution in [3.8, 4) is 0 Å². The fourth-order valence-electron chi connectivity index (χ4n) is 2.67. The minimum atomic E-state index is -0.460. The number of aromatic amines is 1. The van der Waals surface area contributed by atoms with Crippen molar-refractivity contribution in [3.63, 3.8) is 0 Å². The molecular weight excluding hydrogens is 316 g/mol. The van der Waals surface area contributed by atoms with E-state index >= 15 is 0 Å². The molecule has 1 aromatic carbocycles. The second-order valence-corrected chi connectivity index (χ2v) is 6.15. The SMILES string of the molecule is CCCc1ccc(/C=N/N(C)c2cc(=O)n(C)c(=O)[nH]2)cc1CCC. The van der Waals surface area contributed by atoms with Gasteiger partial charge >= 0.3 is 5.69 Å². The quantitative estimate of drug-likeness (QED) is 0.621. The van der Waals surface area contributed by atoms with Crippen LogP contribution in [-0.2, 0) is 19.9 Å². The molecule has 0 spiro atoms. The number of benzene rings is 1. The second kappa shape index (κ2) is 8.46. The molecule has 2 rings (SSSR count). The summed E-state index contributed by atoms with van der Waals surface area (Å²) >= 11 is 0. The van der Waals surface area contributed by atoms with Crippen LogP contribution in [-0.4, -0.2) is 22.8 Å². The largest absolute Gasteiger partial charge is 0.329 e. The number of hydrogen-bond donors (Lipinski definition) is 1. The minimum Gasteiger partial charge on any atom is -0.292 e. The molecule has 0 aliphatic rings. The first-order chi connectivity index (χ1) is 12.0. The zero-order chi connectivity index (χ0) is 18.4. The van der Waals surface area contributed by atoms with Crippen LogP contribution < -0.4 is 16.3 Å². The van der Waals surface area contributed by atoms with Crippen molar-refractivity contribution in [1.29, 1.82) is 0 Å². The Balaban J connectivity index is 2.24. The average molecular weight is 342 g/mol. The Kier molecular flexibility index (Phi) is 6.33. The van der Waals surface area contributed by atoms with Crippen LogP contribution in [0.1, 0.15) is 43.4 Å². The molecule has 0 fully saturated rings. The van der Waals surface area contributed by atoms with Gasteiger partial charge in [0.05, 0.1) is 6.21 Å². The zero-order valence-corrected chi connectivity index (χ0v) is 15.4. The lowest BCUT2D eigenvalue weighted by Gasteiger charge is -2.13. The molecule has 0 radical (unpaired) electrons. The number of anilines is 1. The van der Waals surface area contributed by atoms with Gasteiger partial charge in [-0.1, -0.05) is 38.8 Å². The number of aromatic nitrogens is 2. The van der Waals surface area contributed by atoms with Gasteiger partial charge in [-0.15, -0.1) is 0 Å². The minimum absolute atomic E-state index is 0.362. The van der Waals surface area contributed by atoms with Crippen LogP contribution in [0.2, 0.25) is 0 Å². The van der Waals surface area contributed by atoms with Gasteiger partial charge in [-0.25, -0.2) is 4.79 Å². The van der Waals surface area contributed by atoms with Crippen molar-refractivity contribution in [2.24, 2.45) is 12.1 Å². The van der Waals surface area contributed by atoms with Crippen molar-refractivity contribution in [2.45, 2.75) is 39.5 Å². The molecular formula is C19H26N4O2. The summed E-state index contributed by atoms with van der Waals surface area (Å²) in [5.41, 5.74) is 2.93. The highest BCUT2D eigenvalue weighted by Crippen LogP contribution is 2.15. The number of hydrazone groups is 1. The van der Waals surface area contributed by atoms with Crippen LogP contribution in [0.5, 0.6) is 0 Å². The third kappa shape index (κ3) is 4.68. The third-order valence-corrected chi connectivity index (χ3v) is 4.13. The Morgan fingerprint density at radius 3 is 2.44 bits per heavy atom. The molecule has 134 valence electrons. The van der Waals surface area contributed by atoms with Crippen LogP contribution in [0.15, 0.2) is 39.0 Å². The van der Waals surface area contributed by atoms with Gasteiger partial charge < -0.3 is 0 Å². The molecule has 2 aromatic rings. The molecule has 0 saturated carbocycles. The van der Waals surface area contributed by atoms with E-state index in [1.165, 1.54) is 29.2 Å². The van der Waals surface area contributed by atoms with Gasteiger partial charge in [-0.3, -0.25) is 19.4 Å². The molecule has 1 aromatic heterocycles. The van der Waals surface area contributed by atoms with Gasteiger partial charge in [-0.05, 0) is 35.6 Å². The van der Waals surface area contributed by atoms with Crippen LogP contribution in [0, 0.1) is 0 Å². The monoisotopic (exact) mass is 342 g/mol. The van der Waals surface area contributed by atoms with Gasteiger partial charge in [0, 0.05) is 20.2 Å². The van der Waals surface area contributed by atoms with Gasteiger partial charge in [0.1, 0.15) is 5.82 Å². The zero-order valence-electron chi connectivity index (χ0n) is 15.4. The van der Waals surface area contributed by atoms with E-state index in [1.807, 2.05) is 6.07 Å². The molecule has 6 nitrogen and oxygen atoms in total. The Morgan fingerprint density at radius 1 is 1.12 bits per heavy atom. The Hall–Kier alpha value is -2.63. The maximum atomic E-state index is 11.7. The highest BCUT2D eigenvalue weighted by atomic mass is 16.2. The average Bonchev–Trinajstić information content (AvgIpc) is 2.59. The normalized spacial score (nSPS) is 11.2. The van der Waals surface area contributed by atoms with E-state index in [-0.39, 0.29) is 5.56 Å². The van der Waals surface area contributed by atoms with Gasteiger partial charge in [0.15, 0.2) is 0 Å². The summed E-state index contributed by atoms with van der Waals surface area (Å²) in [4.78, 5) is 26.0. The van der Waals surface area contributed by atoms with Crippen LogP contribution in [0.3, 0.4) is 0 Å². The number of hydrogen-bond acceptors (Lipinski definition) is 4. The molecule has 0 aliphatic carbocycles. The number of nitrogens with one attached hydrogen (secondary N) is 1. The van der Waals surface area contributed by atoms with Crippen molar-refractivity contribution < 1.29 is 0 Å². The van der Waals surface area contributed by atoms with Gasteiger partial charge in [0.2, 0.25) is 0 Å². The molecule has 0 bridgehead atoms. The molecule has 6 heteroatoms. The third-order valence-electron chi connectivity index (χ3n) is 4.13. The lowest BCUT2D eigenvalue weighted by atomic mass is 9.97. The van der Waals surface area contributed by atoms with Crippen LogP contribution in [0.4, 0.5) is 5.82 Å². The van der Waals surface area contributed by atoms with Crippen LogP contribution in [0.25, 0.3) is 0 Å². The van der Waals surface area contributed by atoms with Gasteiger partial charge in [-0.2, -0.15) is 5.10 Å². The maximum absolute atomic E-state index is 11.7. The highest BCUT2D eigenvalue weighted by molar-refractivity contribution is 5.80. The van der Waals surface area contributed by atoms with E-state index in [4.69, 9.17) is 0 Å². The number of rotatable bonds is 7. The molecule has 25 heavy (non-hydrogen) atoms. The Labute approximate surface area is 147 Å². The molecule has 0 saturated heterocycles. The number of nitrogens with zero attached hydrogens (tertiary/aromatic N) is 3. The van der Waals surface area contributed by atoms with E-state index in [2.05, 4.69) is 36.1 Å². The summed E-state index contributed by atoms with van der Waals surface area (Å²) in [6.45, 7) is 4.36. The van der Waals surface area contributed by atoms with Crippen LogP contribution >= 0.6 is 0 Å². The summed E-state index contributed by atoms with van der Waals surface area (Å²) in [6, 6.07) is 7.73. The number of H-pyrrole nitrogens is 1. The second-order valence-electron chi connectivity index (χ2n) is 6.15. The maximum Gasteiger partial charge on any atom is 0.329 e. The van der Waals surface area contributed by atoms with Crippen molar-refractivity contribution in [1.82, 2.24) is 9.55 Å². The summed E-state index contributed by atoms with van der Waals surface area (Å²) in [5, 5.41) is 5.83. The number of aryl methyl sites for hydroxylation is 2.